The SMILES string of the molecule is Cc1cncc(C(=O)CCc2cccnc2)c1. The highest BCUT2D eigenvalue weighted by atomic mass is 16.1. The maximum Gasteiger partial charge on any atom is 0.164 e. The van der Waals surface area contributed by atoms with Crippen molar-refractivity contribution >= 4 is 5.78 Å². The van der Waals surface area contributed by atoms with E-state index in [0.29, 0.717) is 12.0 Å². The van der Waals surface area contributed by atoms with Gasteiger partial charge in [0.1, 0.15) is 0 Å². The van der Waals surface area contributed by atoms with Crippen LogP contribution in [0, 0.1) is 6.92 Å². The Morgan fingerprint density at radius 2 is 2.12 bits per heavy atom. The fourth-order valence-corrected chi connectivity index (χ4v) is 1.66. The molecule has 2 heterocycles. The van der Waals surface area contributed by atoms with Gasteiger partial charge < -0.3 is 0 Å². The fourth-order valence-electron chi connectivity index (χ4n) is 1.66. The van der Waals surface area contributed by atoms with Crippen LogP contribution in [0.15, 0.2) is 43.0 Å². The lowest BCUT2D eigenvalue weighted by Crippen LogP contribution is -2.02. The van der Waals surface area contributed by atoms with E-state index in [9.17, 15) is 4.79 Å². The van der Waals surface area contributed by atoms with Gasteiger partial charge in [0.15, 0.2) is 5.78 Å². The first-order valence-corrected chi connectivity index (χ1v) is 5.59. The molecule has 0 saturated heterocycles. The minimum atomic E-state index is 0.130. The third kappa shape index (κ3) is 3.21. The largest absolute Gasteiger partial charge is 0.294 e. The molecule has 2 rings (SSSR count). The van der Waals surface area contributed by atoms with Gasteiger partial charge >= 0.3 is 0 Å². The van der Waals surface area contributed by atoms with Gasteiger partial charge in [0.05, 0.1) is 0 Å². The van der Waals surface area contributed by atoms with Crippen molar-refractivity contribution < 1.29 is 4.79 Å². The third-order valence-electron chi connectivity index (χ3n) is 2.56. The molecule has 0 aliphatic rings. The second kappa shape index (κ2) is 5.34. The molecule has 3 nitrogen and oxygen atoms in total. The smallest absolute Gasteiger partial charge is 0.164 e. The van der Waals surface area contributed by atoms with Gasteiger partial charge in [-0.2, -0.15) is 0 Å². The molecule has 0 atom stereocenters. The second-order valence-corrected chi connectivity index (χ2v) is 4.04. The van der Waals surface area contributed by atoms with Crippen molar-refractivity contribution in [1.82, 2.24) is 9.97 Å². The molecule has 0 fully saturated rings. The van der Waals surface area contributed by atoms with Crippen LogP contribution < -0.4 is 0 Å². The maximum absolute atomic E-state index is 11.9. The van der Waals surface area contributed by atoms with Crippen LogP contribution >= 0.6 is 0 Å². The van der Waals surface area contributed by atoms with Crippen LogP contribution in [0.1, 0.15) is 27.9 Å². The molecule has 17 heavy (non-hydrogen) atoms. The molecule has 0 bridgehead atoms. The van der Waals surface area contributed by atoms with Crippen molar-refractivity contribution in [3.8, 4) is 0 Å². The summed E-state index contributed by atoms with van der Waals surface area (Å²) in [4.78, 5) is 20.0. The third-order valence-corrected chi connectivity index (χ3v) is 2.56. The average Bonchev–Trinajstić information content (AvgIpc) is 2.37. The Labute approximate surface area is 101 Å². The first-order valence-electron chi connectivity index (χ1n) is 5.59. The zero-order valence-corrected chi connectivity index (χ0v) is 9.76. The van der Waals surface area contributed by atoms with Crippen LogP contribution in [0.25, 0.3) is 0 Å². The lowest BCUT2D eigenvalue weighted by Gasteiger charge is -2.01. The number of aromatic nitrogens is 2. The number of pyridine rings is 2. The van der Waals surface area contributed by atoms with Crippen LogP contribution in [-0.2, 0) is 6.42 Å². The molecule has 0 spiro atoms. The molecule has 3 heteroatoms. The molecule has 0 radical (unpaired) electrons. The van der Waals surface area contributed by atoms with Gasteiger partial charge in [-0.05, 0) is 36.6 Å². The highest BCUT2D eigenvalue weighted by Gasteiger charge is 2.06. The summed E-state index contributed by atoms with van der Waals surface area (Å²) >= 11 is 0. The summed E-state index contributed by atoms with van der Waals surface area (Å²) < 4.78 is 0. The Balaban J connectivity index is 1.98. The number of hydrogen-bond donors (Lipinski definition) is 0. The Morgan fingerprint density at radius 1 is 1.24 bits per heavy atom. The Bertz CT molecular complexity index is 509. The summed E-state index contributed by atoms with van der Waals surface area (Å²) in [6, 6.07) is 5.74. The summed E-state index contributed by atoms with van der Waals surface area (Å²) in [5.41, 5.74) is 2.78. The number of carbonyl (C=O) groups excluding carboxylic acids is 1. The summed E-state index contributed by atoms with van der Waals surface area (Å²) in [7, 11) is 0. The molecule has 2 aromatic heterocycles. The maximum atomic E-state index is 11.9. The van der Waals surface area contributed by atoms with E-state index < -0.39 is 0 Å². The van der Waals surface area contributed by atoms with E-state index in [1.165, 1.54) is 0 Å². The quantitative estimate of drug-likeness (QED) is 0.752. The summed E-state index contributed by atoms with van der Waals surface area (Å²) in [5, 5.41) is 0. The molecule has 86 valence electrons. The predicted molar refractivity (Wildman–Crippen MR) is 65.9 cm³/mol. The van der Waals surface area contributed by atoms with Crippen molar-refractivity contribution in [3.05, 3.63) is 59.7 Å². The lowest BCUT2D eigenvalue weighted by atomic mass is 10.0. The number of rotatable bonds is 4. The van der Waals surface area contributed by atoms with Gasteiger partial charge in [0.25, 0.3) is 0 Å². The highest BCUT2D eigenvalue weighted by molar-refractivity contribution is 5.96. The normalized spacial score (nSPS) is 10.2. The van der Waals surface area contributed by atoms with Crippen molar-refractivity contribution in [2.24, 2.45) is 0 Å². The van der Waals surface area contributed by atoms with Crippen LogP contribution in [0.5, 0.6) is 0 Å². The summed E-state index contributed by atoms with van der Waals surface area (Å²) in [6.45, 7) is 1.94. The Morgan fingerprint density at radius 3 is 2.82 bits per heavy atom. The first-order chi connectivity index (χ1) is 8.25. The van der Waals surface area contributed by atoms with Crippen LogP contribution in [0.4, 0.5) is 0 Å². The van der Waals surface area contributed by atoms with E-state index in [0.717, 1.165) is 17.5 Å². The average molecular weight is 226 g/mol. The van der Waals surface area contributed by atoms with Gasteiger partial charge in [0.2, 0.25) is 0 Å². The van der Waals surface area contributed by atoms with E-state index in [-0.39, 0.29) is 5.78 Å². The number of ketones is 1. The number of Topliss-reactive ketones (excluding diaryl/α,β-unsaturated/α-hetero) is 1. The number of nitrogens with zero attached hydrogens (tertiary/aromatic N) is 2. The van der Waals surface area contributed by atoms with E-state index in [4.69, 9.17) is 0 Å². The van der Waals surface area contributed by atoms with Crippen molar-refractivity contribution in [3.63, 3.8) is 0 Å². The fraction of sp³-hybridized carbons (Fsp3) is 0.214. The molecule has 0 N–H and O–H groups in total. The van der Waals surface area contributed by atoms with E-state index in [2.05, 4.69) is 9.97 Å². The van der Waals surface area contributed by atoms with Crippen molar-refractivity contribution in [2.45, 2.75) is 19.8 Å². The molecule has 0 unspecified atom stereocenters. The monoisotopic (exact) mass is 226 g/mol. The minimum absolute atomic E-state index is 0.130. The minimum Gasteiger partial charge on any atom is -0.294 e. The topological polar surface area (TPSA) is 42.9 Å². The summed E-state index contributed by atoms with van der Waals surface area (Å²) in [6.07, 6.45) is 8.12. The second-order valence-electron chi connectivity index (χ2n) is 4.04. The van der Waals surface area contributed by atoms with Gasteiger partial charge in [-0.3, -0.25) is 14.8 Å². The highest BCUT2D eigenvalue weighted by Crippen LogP contribution is 2.08. The molecule has 2 aromatic rings. The van der Waals surface area contributed by atoms with Gasteiger partial charge in [-0.15, -0.1) is 0 Å². The van der Waals surface area contributed by atoms with Gasteiger partial charge in [-0.25, -0.2) is 0 Å². The molecule has 0 amide bonds. The molecule has 0 aliphatic heterocycles. The molecule has 0 aliphatic carbocycles. The molecular weight excluding hydrogens is 212 g/mol. The number of carbonyl (C=O) groups is 1. The standard InChI is InChI=1S/C14H14N2O/c1-11-7-13(10-16-8-11)14(17)5-4-12-3-2-6-15-9-12/h2-3,6-10H,4-5H2,1H3. The summed E-state index contributed by atoms with van der Waals surface area (Å²) in [5.74, 6) is 0.130. The number of aryl methyl sites for hydroxylation is 2. The molecular formula is C14H14N2O. The Kier molecular flexibility index (Phi) is 3.60. The van der Waals surface area contributed by atoms with Crippen LogP contribution in [0.3, 0.4) is 0 Å². The zero-order valence-electron chi connectivity index (χ0n) is 9.76. The van der Waals surface area contributed by atoms with Crippen molar-refractivity contribution in [1.29, 1.82) is 0 Å². The molecule has 0 aromatic carbocycles. The van der Waals surface area contributed by atoms with Crippen molar-refractivity contribution in [2.75, 3.05) is 0 Å². The van der Waals surface area contributed by atoms with Gasteiger partial charge in [0, 0.05) is 36.8 Å². The first kappa shape index (κ1) is 11.5. The van der Waals surface area contributed by atoms with Crippen LogP contribution in [-0.4, -0.2) is 15.8 Å². The predicted octanol–water partition coefficient (Wildman–Crippen LogP) is 2.60. The van der Waals surface area contributed by atoms with E-state index in [1.807, 2.05) is 25.1 Å². The molecule has 0 saturated carbocycles. The van der Waals surface area contributed by atoms with E-state index in [1.54, 1.807) is 24.8 Å². The van der Waals surface area contributed by atoms with Crippen LogP contribution in [0.2, 0.25) is 0 Å². The number of hydrogen-bond acceptors (Lipinski definition) is 3. The Hall–Kier alpha value is -2.03. The van der Waals surface area contributed by atoms with E-state index >= 15 is 0 Å². The zero-order chi connectivity index (χ0) is 12.1. The van der Waals surface area contributed by atoms with Gasteiger partial charge in [-0.1, -0.05) is 6.07 Å². The lowest BCUT2D eigenvalue weighted by molar-refractivity contribution is 0.0982.